The van der Waals surface area contributed by atoms with E-state index in [1.54, 1.807) is 5.38 Å². The molecule has 78 valence electrons. The molecular formula is C9H7NO4S. The lowest BCUT2D eigenvalue weighted by atomic mass is 10.2. The molecule has 0 unspecified atom stereocenters. The molecule has 15 heavy (non-hydrogen) atoms. The van der Waals surface area contributed by atoms with Crippen molar-refractivity contribution in [2.75, 3.05) is 5.32 Å². The van der Waals surface area contributed by atoms with Gasteiger partial charge in [-0.3, -0.25) is 4.79 Å². The largest absolute Gasteiger partial charge is 0.477 e. The normalized spacial score (nSPS) is 20.4. The van der Waals surface area contributed by atoms with Crippen molar-refractivity contribution in [1.29, 1.82) is 0 Å². The molecule has 0 saturated heterocycles. The molecule has 1 saturated carbocycles. The van der Waals surface area contributed by atoms with Gasteiger partial charge in [-0.05, 0) is 0 Å². The molecular weight excluding hydrogens is 218 g/mol. The predicted molar refractivity (Wildman–Crippen MR) is 52.5 cm³/mol. The summed E-state index contributed by atoms with van der Waals surface area (Å²) in [6.45, 7) is 0. The van der Waals surface area contributed by atoms with E-state index in [1.165, 1.54) is 0 Å². The highest BCUT2D eigenvalue weighted by atomic mass is 32.1. The van der Waals surface area contributed by atoms with E-state index in [0.717, 1.165) is 11.3 Å². The van der Waals surface area contributed by atoms with Crippen LogP contribution in [0.2, 0.25) is 0 Å². The number of hydrogen-bond acceptors (Lipinski definition) is 4. The molecule has 1 aromatic heterocycles. The van der Waals surface area contributed by atoms with E-state index in [4.69, 9.17) is 9.84 Å². The van der Waals surface area contributed by atoms with Gasteiger partial charge in [0.25, 0.3) is 5.91 Å². The minimum Gasteiger partial charge on any atom is -0.477 e. The number of rotatable bonds is 1. The zero-order valence-electron chi connectivity index (χ0n) is 7.57. The lowest BCUT2D eigenvalue weighted by molar-refractivity contribution is -0.125. The standard InChI is InChI=1S/C9H7NO4S/c11-7(12)6-5-4(3-15-6)10-8(13)9(14-5)1-2-9/h3H,1-2H2,(H,10,13)(H,11,12). The maximum absolute atomic E-state index is 11.5. The van der Waals surface area contributed by atoms with Gasteiger partial charge in [0, 0.05) is 18.2 Å². The number of thiophene rings is 1. The summed E-state index contributed by atoms with van der Waals surface area (Å²) in [6, 6.07) is 0. The van der Waals surface area contributed by atoms with Gasteiger partial charge in [0.1, 0.15) is 0 Å². The minimum absolute atomic E-state index is 0.149. The first-order chi connectivity index (χ1) is 7.12. The SMILES string of the molecule is O=C(O)c1scc2c1OC1(CC1)C(=O)N2. The van der Waals surface area contributed by atoms with Crippen LogP contribution in [0.4, 0.5) is 5.69 Å². The second kappa shape index (κ2) is 2.52. The van der Waals surface area contributed by atoms with Crippen LogP contribution >= 0.6 is 11.3 Å². The van der Waals surface area contributed by atoms with Crippen LogP contribution in [0.15, 0.2) is 5.38 Å². The van der Waals surface area contributed by atoms with Gasteiger partial charge in [-0.2, -0.15) is 0 Å². The molecule has 1 aromatic rings. The summed E-state index contributed by atoms with van der Waals surface area (Å²) >= 11 is 1.06. The summed E-state index contributed by atoms with van der Waals surface area (Å²) in [5.74, 6) is -0.873. The van der Waals surface area contributed by atoms with Crippen molar-refractivity contribution in [2.24, 2.45) is 0 Å². The maximum atomic E-state index is 11.5. The summed E-state index contributed by atoms with van der Waals surface area (Å²) in [5, 5.41) is 13.2. The third-order valence-electron chi connectivity index (χ3n) is 2.60. The number of hydrogen-bond donors (Lipinski definition) is 2. The Kier molecular flexibility index (Phi) is 1.46. The molecule has 2 aliphatic rings. The van der Waals surface area contributed by atoms with Gasteiger partial charge in [-0.25, -0.2) is 4.79 Å². The van der Waals surface area contributed by atoms with Gasteiger partial charge in [0.05, 0.1) is 5.69 Å². The fourth-order valence-electron chi connectivity index (χ4n) is 1.60. The van der Waals surface area contributed by atoms with E-state index in [-0.39, 0.29) is 10.8 Å². The Balaban J connectivity index is 2.08. The number of carboxylic acid groups (broad SMARTS) is 1. The molecule has 2 N–H and O–H groups in total. The lowest BCUT2D eigenvalue weighted by Crippen LogP contribution is -2.38. The van der Waals surface area contributed by atoms with Gasteiger partial charge in [-0.1, -0.05) is 0 Å². The Hall–Kier alpha value is -1.56. The molecule has 0 radical (unpaired) electrons. The Bertz CT molecular complexity index is 474. The second-order valence-electron chi connectivity index (χ2n) is 3.66. The molecule has 0 bridgehead atoms. The summed E-state index contributed by atoms with van der Waals surface area (Å²) in [5.41, 5.74) is -0.307. The van der Waals surface area contributed by atoms with E-state index in [0.29, 0.717) is 24.3 Å². The van der Waals surface area contributed by atoms with Crippen molar-refractivity contribution in [3.8, 4) is 5.75 Å². The Morgan fingerprint density at radius 2 is 2.33 bits per heavy atom. The fraction of sp³-hybridized carbons (Fsp3) is 0.333. The van der Waals surface area contributed by atoms with Crippen LogP contribution in [-0.4, -0.2) is 22.6 Å². The molecule has 6 heteroatoms. The molecule has 0 atom stereocenters. The molecule has 1 aliphatic carbocycles. The van der Waals surface area contributed by atoms with Crippen LogP contribution in [0.3, 0.4) is 0 Å². The highest BCUT2D eigenvalue weighted by Gasteiger charge is 2.56. The van der Waals surface area contributed by atoms with Crippen LogP contribution in [0.1, 0.15) is 22.5 Å². The Morgan fingerprint density at radius 1 is 1.60 bits per heavy atom. The van der Waals surface area contributed by atoms with Gasteiger partial charge in [-0.15, -0.1) is 11.3 Å². The maximum Gasteiger partial charge on any atom is 0.349 e. The van der Waals surface area contributed by atoms with Crippen LogP contribution in [0.25, 0.3) is 0 Å². The van der Waals surface area contributed by atoms with Gasteiger partial charge >= 0.3 is 5.97 Å². The smallest absolute Gasteiger partial charge is 0.349 e. The number of fused-ring (bicyclic) bond motifs is 1. The van der Waals surface area contributed by atoms with Crippen LogP contribution in [-0.2, 0) is 4.79 Å². The molecule has 1 spiro atoms. The van der Waals surface area contributed by atoms with Crippen LogP contribution < -0.4 is 10.1 Å². The number of aromatic carboxylic acids is 1. The number of carbonyl (C=O) groups is 2. The number of carbonyl (C=O) groups excluding carboxylic acids is 1. The van der Waals surface area contributed by atoms with Gasteiger partial charge in [0.2, 0.25) is 0 Å². The van der Waals surface area contributed by atoms with Crippen LogP contribution in [0.5, 0.6) is 5.75 Å². The number of nitrogens with one attached hydrogen (secondary N) is 1. The zero-order chi connectivity index (χ0) is 10.6. The third kappa shape index (κ3) is 1.08. The summed E-state index contributed by atoms with van der Waals surface area (Å²) in [7, 11) is 0. The molecule has 1 fully saturated rings. The zero-order valence-corrected chi connectivity index (χ0v) is 8.39. The molecule has 1 amide bonds. The number of anilines is 1. The highest BCUT2D eigenvalue weighted by molar-refractivity contribution is 7.13. The van der Waals surface area contributed by atoms with E-state index >= 15 is 0 Å². The van der Waals surface area contributed by atoms with Crippen molar-refractivity contribution >= 4 is 28.9 Å². The first-order valence-corrected chi connectivity index (χ1v) is 5.36. The Labute approximate surface area is 88.7 Å². The highest BCUT2D eigenvalue weighted by Crippen LogP contribution is 2.49. The molecule has 3 rings (SSSR count). The van der Waals surface area contributed by atoms with E-state index in [2.05, 4.69) is 5.32 Å². The molecule has 2 heterocycles. The molecule has 0 aromatic carbocycles. The quantitative estimate of drug-likeness (QED) is 0.755. The summed E-state index contributed by atoms with van der Waals surface area (Å²) in [6.07, 6.45) is 1.32. The topological polar surface area (TPSA) is 75.6 Å². The lowest BCUT2D eigenvalue weighted by Gasteiger charge is -2.23. The van der Waals surface area contributed by atoms with Crippen molar-refractivity contribution in [3.63, 3.8) is 0 Å². The van der Waals surface area contributed by atoms with Crippen LogP contribution in [0, 0.1) is 0 Å². The minimum atomic E-state index is -1.02. The first kappa shape index (κ1) is 8.72. The van der Waals surface area contributed by atoms with Crippen molar-refractivity contribution in [2.45, 2.75) is 18.4 Å². The van der Waals surface area contributed by atoms with Crippen molar-refractivity contribution < 1.29 is 19.4 Å². The van der Waals surface area contributed by atoms with Crippen molar-refractivity contribution in [1.82, 2.24) is 0 Å². The molecule has 5 nitrogen and oxygen atoms in total. The average Bonchev–Trinajstić information content (AvgIpc) is 2.82. The fourth-order valence-corrected chi connectivity index (χ4v) is 2.36. The third-order valence-corrected chi connectivity index (χ3v) is 3.55. The first-order valence-electron chi connectivity index (χ1n) is 4.48. The van der Waals surface area contributed by atoms with Gasteiger partial charge in [0.15, 0.2) is 16.2 Å². The molecule has 1 aliphatic heterocycles. The number of carboxylic acids is 1. The van der Waals surface area contributed by atoms with Crippen molar-refractivity contribution in [3.05, 3.63) is 10.3 Å². The van der Waals surface area contributed by atoms with E-state index in [1.807, 2.05) is 0 Å². The van der Waals surface area contributed by atoms with Gasteiger partial charge < -0.3 is 15.2 Å². The number of amides is 1. The summed E-state index contributed by atoms with van der Waals surface area (Å²) < 4.78 is 5.49. The average molecular weight is 225 g/mol. The number of ether oxygens (including phenoxy) is 1. The monoisotopic (exact) mass is 225 g/mol. The van der Waals surface area contributed by atoms with E-state index < -0.39 is 11.6 Å². The second-order valence-corrected chi connectivity index (χ2v) is 4.54. The summed E-state index contributed by atoms with van der Waals surface area (Å²) in [4.78, 5) is 22.6. The van der Waals surface area contributed by atoms with E-state index in [9.17, 15) is 9.59 Å². The predicted octanol–water partition coefficient (Wildman–Crippen LogP) is 1.31. The Morgan fingerprint density at radius 3 is 2.93 bits per heavy atom.